The van der Waals surface area contributed by atoms with Crippen LogP contribution in [0.5, 0.6) is 0 Å². The van der Waals surface area contributed by atoms with Crippen LogP contribution >= 0.6 is 11.3 Å². The summed E-state index contributed by atoms with van der Waals surface area (Å²) in [6.07, 6.45) is 0. The molecular formula is C22H23N3O2S. The number of rotatable bonds is 7. The standard InChI is InChI=1S/C22H23N3O2S/c1-16-12-13-28-20(16)14-25(2)15-21(26)24-19-11-7-6-10-18(19)22(27)23-17-8-4-3-5-9-17/h3-13H,14-15H2,1-2H3,(H,23,27)(H,24,26). The Bertz CT molecular complexity index is 953. The maximum Gasteiger partial charge on any atom is 0.257 e. The van der Waals surface area contributed by atoms with Crippen LogP contribution in [0, 0.1) is 6.92 Å². The average molecular weight is 394 g/mol. The van der Waals surface area contributed by atoms with Gasteiger partial charge in [0.15, 0.2) is 0 Å². The Morgan fingerprint density at radius 3 is 2.39 bits per heavy atom. The Kier molecular flexibility index (Phi) is 6.57. The Morgan fingerprint density at radius 2 is 1.68 bits per heavy atom. The van der Waals surface area contributed by atoms with Gasteiger partial charge in [-0.2, -0.15) is 0 Å². The van der Waals surface area contributed by atoms with E-state index in [2.05, 4.69) is 29.0 Å². The lowest BCUT2D eigenvalue weighted by Gasteiger charge is -2.17. The van der Waals surface area contributed by atoms with E-state index in [1.807, 2.05) is 42.3 Å². The molecule has 3 aromatic rings. The van der Waals surface area contributed by atoms with Gasteiger partial charge in [-0.25, -0.2) is 0 Å². The molecule has 0 saturated carbocycles. The molecule has 0 atom stereocenters. The molecule has 0 saturated heterocycles. The van der Waals surface area contributed by atoms with Crippen LogP contribution in [-0.2, 0) is 11.3 Å². The Morgan fingerprint density at radius 1 is 0.964 bits per heavy atom. The van der Waals surface area contributed by atoms with Crippen molar-refractivity contribution in [3.05, 3.63) is 82.0 Å². The second-order valence-electron chi connectivity index (χ2n) is 6.61. The van der Waals surface area contributed by atoms with Gasteiger partial charge in [0.05, 0.1) is 17.8 Å². The van der Waals surface area contributed by atoms with Crippen LogP contribution in [-0.4, -0.2) is 30.3 Å². The maximum atomic E-state index is 12.6. The molecule has 3 rings (SSSR count). The highest BCUT2D eigenvalue weighted by atomic mass is 32.1. The fraction of sp³-hybridized carbons (Fsp3) is 0.182. The SMILES string of the molecule is Cc1ccsc1CN(C)CC(=O)Nc1ccccc1C(=O)Nc1ccccc1. The molecule has 0 radical (unpaired) electrons. The fourth-order valence-corrected chi connectivity index (χ4v) is 3.80. The zero-order chi connectivity index (χ0) is 19.9. The van der Waals surface area contributed by atoms with Crippen LogP contribution < -0.4 is 10.6 Å². The molecule has 5 nitrogen and oxygen atoms in total. The van der Waals surface area contributed by atoms with E-state index < -0.39 is 0 Å². The second kappa shape index (κ2) is 9.30. The van der Waals surface area contributed by atoms with E-state index >= 15 is 0 Å². The first-order valence-electron chi connectivity index (χ1n) is 8.99. The third kappa shape index (κ3) is 5.28. The van der Waals surface area contributed by atoms with Crippen molar-refractivity contribution in [3.63, 3.8) is 0 Å². The number of nitrogens with one attached hydrogen (secondary N) is 2. The molecule has 2 aromatic carbocycles. The van der Waals surface area contributed by atoms with Gasteiger partial charge in [-0.15, -0.1) is 11.3 Å². The number of thiophene rings is 1. The van der Waals surface area contributed by atoms with Crippen LogP contribution in [0.2, 0.25) is 0 Å². The van der Waals surface area contributed by atoms with Crippen molar-refractivity contribution in [2.75, 3.05) is 24.2 Å². The van der Waals surface area contributed by atoms with Gasteiger partial charge < -0.3 is 10.6 Å². The monoisotopic (exact) mass is 393 g/mol. The lowest BCUT2D eigenvalue weighted by atomic mass is 10.1. The average Bonchev–Trinajstić information content (AvgIpc) is 3.07. The topological polar surface area (TPSA) is 61.4 Å². The molecule has 144 valence electrons. The Labute approximate surface area is 169 Å². The largest absolute Gasteiger partial charge is 0.324 e. The summed E-state index contributed by atoms with van der Waals surface area (Å²) in [6.45, 7) is 3.03. The van der Waals surface area contributed by atoms with Crippen molar-refractivity contribution in [2.45, 2.75) is 13.5 Å². The number of hydrogen-bond donors (Lipinski definition) is 2. The van der Waals surface area contributed by atoms with Gasteiger partial charge in [0.2, 0.25) is 5.91 Å². The smallest absolute Gasteiger partial charge is 0.257 e. The van der Waals surface area contributed by atoms with E-state index in [1.54, 1.807) is 35.6 Å². The summed E-state index contributed by atoms with van der Waals surface area (Å²) in [7, 11) is 1.91. The normalized spacial score (nSPS) is 10.7. The van der Waals surface area contributed by atoms with Crippen molar-refractivity contribution in [1.82, 2.24) is 4.90 Å². The highest BCUT2D eigenvalue weighted by molar-refractivity contribution is 7.10. The van der Waals surface area contributed by atoms with E-state index in [4.69, 9.17) is 0 Å². The first kappa shape index (κ1) is 19.8. The molecule has 2 amide bonds. The molecule has 0 fully saturated rings. The van der Waals surface area contributed by atoms with Crippen LogP contribution in [0.15, 0.2) is 66.0 Å². The van der Waals surface area contributed by atoms with E-state index in [0.29, 0.717) is 23.5 Å². The molecule has 1 aromatic heterocycles. The van der Waals surface area contributed by atoms with Gasteiger partial charge >= 0.3 is 0 Å². The first-order valence-corrected chi connectivity index (χ1v) is 9.87. The minimum absolute atomic E-state index is 0.156. The molecule has 0 bridgehead atoms. The highest BCUT2D eigenvalue weighted by Crippen LogP contribution is 2.19. The number of nitrogens with zero attached hydrogens (tertiary/aromatic N) is 1. The first-order chi connectivity index (χ1) is 13.5. The van der Waals surface area contributed by atoms with Crippen molar-refractivity contribution < 1.29 is 9.59 Å². The number of carbonyl (C=O) groups is 2. The van der Waals surface area contributed by atoms with Gasteiger partial charge in [-0.05, 0) is 55.2 Å². The number of anilines is 2. The zero-order valence-corrected chi connectivity index (χ0v) is 16.8. The molecule has 0 aliphatic rings. The van der Waals surface area contributed by atoms with Gasteiger partial charge in [-0.1, -0.05) is 30.3 Å². The van der Waals surface area contributed by atoms with Gasteiger partial charge in [0.1, 0.15) is 0 Å². The van der Waals surface area contributed by atoms with Crippen LogP contribution in [0.3, 0.4) is 0 Å². The van der Waals surface area contributed by atoms with Crippen LogP contribution in [0.25, 0.3) is 0 Å². The molecular weight excluding hydrogens is 370 g/mol. The minimum Gasteiger partial charge on any atom is -0.324 e. The number of benzene rings is 2. The summed E-state index contributed by atoms with van der Waals surface area (Å²) in [5, 5.41) is 7.77. The Balaban J connectivity index is 1.63. The fourth-order valence-electron chi connectivity index (χ4n) is 2.81. The number of hydrogen-bond acceptors (Lipinski definition) is 4. The summed E-state index contributed by atoms with van der Waals surface area (Å²) < 4.78 is 0. The van der Waals surface area contributed by atoms with E-state index in [-0.39, 0.29) is 18.4 Å². The van der Waals surface area contributed by atoms with Crippen LogP contribution in [0.4, 0.5) is 11.4 Å². The van der Waals surface area contributed by atoms with Crippen molar-refractivity contribution >= 4 is 34.5 Å². The van der Waals surface area contributed by atoms with Crippen LogP contribution in [0.1, 0.15) is 20.8 Å². The van der Waals surface area contributed by atoms with Crippen molar-refractivity contribution in [1.29, 1.82) is 0 Å². The molecule has 0 spiro atoms. The molecule has 28 heavy (non-hydrogen) atoms. The summed E-state index contributed by atoms with van der Waals surface area (Å²) in [5.74, 6) is -0.415. The quantitative estimate of drug-likeness (QED) is 0.626. The Hall–Kier alpha value is -2.96. The number of likely N-dealkylation sites (N-methyl/N-ethyl adjacent to an activating group) is 1. The van der Waals surface area contributed by atoms with E-state index in [0.717, 1.165) is 0 Å². The van der Waals surface area contributed by atoms with Gasteiger partial charge in [0, 0.05) is 17.1 Å². The minimum atomic E-state index is -0.260. The molecule has 0 aliphatic heterocycles. The lowest BCUT2D eigenvalue weighted by molar-refractivity contribution is -0.117. The summed E-state index contributed by atoms with van der Waals surface area (Å²) >= 11 is 1.69. The molecule has 0 aliphatic carbocycles. The maximum absolute atomic E-state index is 12.6. The van der Waals surface area contributed by atoms with E-state index in [1.165, 1.54) is 10.4 Å². The molecule has 1 heterocycles. The second-order valence-corrected chi connectivity index (χ2v) is 7.61. The number of para-hydroxylation sites is 2. The number of aryl methyl sites for hydroxylation is 1. The van der Waals surface area contributed by atoms with Crippen molar-refractivity contribution in [3.8, 4) is 0 Å². The summed E-state index contributed by atoms with van der Waals surface area (Å²) in [6, 6.07) is 18.3. The lowest BCUT2D eigenvalue weighted by Crippen LogP contribution is -2.30. The molecule has 2 N–H and O–H groups in total. The summed E-state index contributed by atoms with van der Waals surface area (Å²) in [4.78, 5) is 28.3. The van der Waals surface area contributed by atoms with Gasteiger partial charge in [-0.3, -0.25) is 14.5 Å². The predicted octanol–water partition coefficient (Wildman–Crippen LogP) is 4.38. The van der Waals surface area contributed by atoms with E-state index in [9.17, 15) is 9.59 Å². The summed E-state index contributed by atoms with van der Waals surface area (Å²) in [5.41, 5.74) is 2.87. The third-order valence-corrected chi connectivity index (χ3v) is 5.28. The highest BCUT2D eigenvalue weighted by Gasteiger charge is 2.15. The molecule has 0 unspecified atom stereocenters. The van der Waals surface area contributed by atoms with Gasteiger partial charge in [0.25, 0.3) is 5.91 Å². The number of amides is 2. The number of carbonyl (C=O) groups excluding carboxylic acids is 2. The molecule has 6 heteroatoms. The van der Waals surface area contributed by atoms with Crippen molar-refractivity contribution in [2.24, 2.45) is 0 Å². The predicted molar refractivity (Wildman–Crippen MR) is 115 cm³/mol. The third-order valence-electron chi connectivity index (χ3n) is 4.27. The zero-order valence-electron chi connectivity index (χ0n) is 15.9.